The third-order valence-corrected chi connectivity index (χ3v) is 4.75. The first-order valence-corrected chi connectivity index (χ1v) is 8.04. The van der Waals surface area contributed by atoms with Gasteiger partial charge in [0.2, 0.25) is 0 Å². The van der Waals surface area contributed by atoms with Gasteiger partial charge in [-0.2, -0.15) is 0 Å². The Morgan fingerprint density at radius 1 is 1.14 bits per heavy atom. The van der Waals surface area contributed by atoms with Crippen LogP contribution in [0.2, 0.25) is 0 Å². The van der Waals surface area contributed by atoms with E-state index >= 15 is 0 Å². The minimum atomic E-state index is 0.401. The summed E-state index contributed by atoms with van der Waals surface area (Å²) in [5.41, 5.74) is 0.401. The fraction of sp³-hybridized carbons (Fsp3) is 0.647. The molecule has 1 aliphatic carbocycles. The van der Waals surface area contributed by atoms with Gasteiger partial charge < -0.3 is 14.8 Å². The first kappa shape index (κ1) is 14.7. The third kappa shape index (κ3) is 3.69. The summed E-state index contributed by atoms with van der Waals surface area (Å²) in [7, 11) is 1.68. The van der Waals surface area contributed by atoms with Crippen molar-refractivity contribution in [2.75, 3.05) is 39.9 Å². The summed E-state index contributed by atoms with van der Waals surface area (Å²) in [6.07, 6.45) is 5.43. The average Bonchev–Trinajstić information content (AvgIpc) is 2.96. The zero-order valence-corrected chi connectivity index (χ0v) is 12.9. The van der Waals surface area contributed by atoms with Gasteiger partial charge in [-0.15, -0.1) is 0 Å². The lowest BCUT2D eigenvalue weighted by Crippen LogP contribution is -2.59. The van der Waals surface area contributed by atoms with Crippen molar-refractivity contribution < 1.29 is 9.47 Å². The number of hydrogen-bond acceptors (Lipinski definition) is 4. The highest BCUT2D eigenvalue weighted by Crippen LogP contribution is 2.31. The van der Waals surface area contributed by atoms with Crippen molar-refractivity contribution in [3.8, 4) is 11.5 Å². The van der Waals surface area contributed by atoms with Crippen LogP contribution >= 0.6 is 0 Å². The summed E-state index contributed by atoms with van der Waals surface area (Å²) in [6.45, 7) is 5.19. The molecular formula is C17H26N2O2. The molecule has 0 aromatic heterocycles. The van der Waals surface area contributed by atoms with E-state index in [0.717, 1.165) is 37.7 Å². The van der Waals surface area contributed by atoms with E-state index in [9.17, 15) is 0 Å². The SMILES string of the molecule is COc1ccc(OCCN2CCNC3(CCCC3)C2)cc1. The van der Waals surface area contributed by atoms with Crippen LogP contribution < -0.4 is 14.8 Å². The van der Waals surface area contributed by atoms with Gasteiger partial charge in [-0.3, -0.25) is 4.90 Å². The summed E-state index contributed by atoms with van der Waals surface area (Å²) in [5, 5.41) is 3.75. The minimum absolute atomic E-state index is 0.401. The molecule has 116 valence electrons. The first-order valence-electron chi connectivity index (χ1n) is 8.04. The number of nitrogens with zero attached hydrogens (tertiary/aromatic N) is 1. The Hall–Kier alpha value is -1.26. The predicted octanol–water partition coefficient (Wildman–Crippen LogP) is 2.29. The van der Waals surface area contributed by atoms with Gasteiger partial charge in [0.15, 0.2) is 0 Å². The molecule has 0 radical (unpaired) electrons. The second-order valence-electron chi connectivity index (χ2n) is 6.21. The van der Waals surface area contributed by atoms with Crippen LogP contribution in [0, 0.1) is 0 Å². The lowest BCUT2D eigenvalue weighted by atomic mass is 9.94. The predicted molar refractivity (Wildman–Crippen MR) is 84.1 cm³/mol. The van der Waals surface area contributed by atoms with E-state index in [-0.39, 0.29) is 0 Å². The zero-order valence-electron chi connectivity index (χ0n) is 12.9. The summed E-state index contributed by atoms with van der Waals surface area (Å²) in [5.74, 6) is 1.79. The number of nitrogens with one attached hydrogen (secondary N) is 1. The van der Waals surface area contributed by atoms with E-state index in [1.165, 1.54) is 32.2 Å². The lowest BCUT2D eigenvalue weighted by molar-refractivity contribution is 0.117. The van der Waals surface area contributed by atoms with E-state index in [1.54, 1.807) is 7.11 Å². The van der Waals surface area contributed by atoms with Crippen LogP contribution in [0.15, 0.2) is 24.3 Å². The second kappa shape index (κ2) is 6.67. The average molecular weight is 290 g/mol. The molecule has 1 aromatic carbocycles. The van der Waals surface area contributed by atoms with Crippen LogP contribution in [0.1, 0.15) is 25.7 Å². The van der Waals surface area contributed by atoms with Crippen LogP contribution in [-0.4, -0.2) is 50.3 Å². The molecule has 21 heavy (non-hydrogen) atoms. The quantitative estimate of drug-likeness (QED) is 0.902. The van der Waals surface area contributed by atoms with Crippen LogP contribution in [0.25, 0.3) is 0 Å². The molecule has 4 heteroatoms. The highest BCUT2D eigenvalue weighted by molar-refractivity contribution is 5.31. The Morgan fingerprint density at radius 2 is 1.86 bits per heavy atom. The van der Waals surface area contributed by atoms with Gasteiger partial charge in [0, 0.05) is 31.7 Å². The number of methoxy groups -OCH3 is 1. The van der Waals surface area contributed by atoms with Gasteiger partial charge >= 0.3 is 0 Å². The molecule has 2 aliphatic rings. The highest BCUT2D eigenvalue weighted by Gasteiger charge is 2.37. The maximum Gasteiger partial charge on any atom is 0.119 e. The monoisotopic (exact) mass is 290 g/mol. The van der Waals surface area contributed by atoms with Crippen LogP contribution in [-0.2, 0) is 0 Å². The van der Waals surface area contributed by atoms with Crippen molar-refractivity contribution >= 4 is 0 Å². The normalized spacial score (nSPS) is 21.6. The molecule has 3 rings (SSSR count). The molecule has 1 N–H and O–H groups in total. The molecule has 0 amide bonds. The molecule has 4 nitrogen and oxygen atoms in total. The smallest absolute Gasteiger partial charge is 0.119 e. The largest absolute Gasteiger partial charge is 0.497 e. The van der Waals surface area contributed by atoms with Gasteiger partial charge in [0.25, 0.3) is 0 Å². The standard InChI is InChI=1S/C17H26N2O2/c1-20-15-4-6-16(7-5-15)21-13-12-19-11-10-18-17(14-19)8-2-3-9-17/h4-7,18H,2-3,8-14H2,1H3. The Labute approximate surface area is 127 Å². The van der Waals surface area contributed by atoms with Crippen molar-refractivity contribution in [3.05, 3.63) is 24.3 Å². The van der Waals surface area contributed by atoms with Gasteiger partial charge in [-0.25, -0.2) is 0 Å². The lowest BCUT2D eigenvalue weighted by Gasteiger charge is -2.41. The maximum absolute atomic E-state index is 5.84. The van der Waals surface area contributed by atoms with Crippen molar-refractivity contribution in [2.45, 2.75) is 31.2 Å². The van der Waals surface area contributed by atoms with Crippen molar-refractivity contribution in [1.82, 2.24) is 10.2 Å². The van der Waals surface area contributed by atoms with Gasteiger partial charge in [-0.1, -0.05) is 12.8 Å². The summed E-state index contributed by atoms with van der Waals surface area (Å²) in [6, 6.07) is 7.81. The number of ether oxygens (including phenoxy) is 2. The first-order chi connectivity index (χ1) is 10.3. The Morgan fingerprint density at radius 3 is 2.57 bits per heavy atom. The summed E-state index contributed by atoms with van der Waals surface area (Å²) in [4.78, 5) is 2.55. The molecule has 1 heterocycles. The molecule has 1 saturated carbocycles. The Kier molecular flexibility index (Phi) is 4.66. The topological polar surface area (TPSA) is 33.7 Å². The van der Waals surface area contributed by atoms with Gasteiger partial charge in [0.05, 0.1) is 7.11 Å². The van der Waals surface area contributed by atoms with E-state index in [4.69, 9.17) is 9.47 Å². The zero-order chi connectivity index (χ0) is 14.5. The number of rotatable bonds is 5. The maximum atomic E-state index is 5.84. The number of benzene rings is 1. The number of piperazine rings is 1. The molecule has 0 bridgehead atoms. The third-order valence-electron chi connectivity index (χ3n) is 4.75. The molecule has 1 spiro atoms. The highest BCUT2D eigenvalue weighted by atomic mass is 16.5. The molecule has 1 saturated heterocycles. The van der Waals surface area contributed by atoms with Crippen LogP contribution in [0.4, 0.5) is 0 Å². The van der Waals surface area contributed by atoms with Crippen LogP contribution in [0.5, 0.6) is 11.5 Å². The summed E-state index contributed by atoms with van der Waals surface area (Å²) >= 11 is 0. The van der Waals surface area contributed by atoms with Crippen molar-refractivity contribution in [3.63, 3.8) is 0 Å². The van der Waals surface area contributed by atoms with Crippen molar-refractivity contribution in [2.24, 2.45) is 0 Å². The molecule has 2 fully saturated rings. The Balaban J connectivity index is 1.44. The van der Waals surface area contributed by atoms with E-state index in [1.807, 2.05) is 24.3 Å². The second-order valence-corrected chi connectivity index (χ2v) is 6.21. The Bertz CT molecular complexity index is 441. The molecule has 0 unspecified atom stereocenters. The van der Waals surface area contributed by atoms with E-state index in [2.05, 4.69) is 10.2 Å². The number of hydrogen-bond donors (Lipinski definition) is 1. The molecule has 1 aliphatic heterocycles. The van der Waals surface area contributed by atoms with Crippen molar-refractivity contribution in [1.29, 1.82) is 0 Å². The van der Waals surface area contributed by atoms with E-state index < -0.39 is 0 Å². The summed E-state index contributed by atoms with van der Waals surface area (Å²) < 4.78 is 11.0. The molecular weight excluding hydrogens is 264 g/mol. The van der Waals surface area contributed by atoms with E-state index in [0.29, 0.717) is 5.54 Å². The van der Waals surface area contributed by atoms with Crippen LogP contribution in [0.3, 0.4) is 0 Å². The fourth-order valence-electron chi connectivity index (χ4n) is 3.58. The van der Waals surface area contributed by atoms with Gasteiger partial charge in [0.1, 0.15) is 18.1 Å². The minimum Gasteiger partial charge on any atom is -0.497 e. The van der Waals surface area contributed by atoms with Gasteiger partial charge in [-0.05, 0) is 37.1 Å². The molecule has 1 aromatic rings. The fourth-order valence-corrected chi connectivity index (χ4v) is 3.58. The molecule has 0 atom stereocenters.